The van der Waals surface area contributed by atoms with Crippen molar-refractivity contribution in [3.05, 3.63) is 29.1 Å². The van der Waals surface area contributed by atoms with Crippen LogP contribution >= 0.6 is 0 Å². The van der Waals surface area contributed by atoms with E-state index >= 15 is 0 Å². The van der Waals surface area contributed by atoms with Gasteiger partial charge in [0.05, 0.1) is 11.6 Å². The molecule has 0 aliphatic rings. The molecule has 0 aliphatic carbocycles. The van der Waals surface area contributed by atoms with Crippen molar-refractivity contribution in [2.24, 2.45) is 11.5 Å². The molecule has 0 radical (unpaired) electrons. The van der Waals surface area contributed by atoms with Crippen LogP contribution in [0.4, 0.5) is 4.39 Å². The van der Waals surface area contributed by atoms with Crippen molar-refractivity contribution in [1.82, 2.24) is 0 Å². The van der Waals surface area contributed by atoms with Crippen LogP contribution in [0.1, 0.15) is 23.6 Å². The van der Waals surface area contributed by atoms with Crippen LogP contribution in [0.15, 0.2) is 12.1 Å². The molecule has 0 heterocycles. The summed E-state index contributed by atoms with van der Waals surface area (Å²) in [5.74, 6) is -1.34. The van der Waals surface area contributed by atoms with Crippen LogP contribution in [-0.2, 0) is 0 Å². The van der Waals surface area contributed by atoms with E-state index in [-0.39, 0.29) is 11.1 Å². The Morgan fingerprint density at radius 2 is 2.20 bits per heavy atom. The Labute approximate surface area is 86.9 Å². The summed E-state index contributed by atoms with van der Waals surface area (Å²) >= 11 is 0. The Balaban J connectivity index is 3.16. The maximum atomic E-state index is 13.1. The summed E-state index contributed by atoms with van der Waals surface area (Å²) in [5, 5.41) is 18.0. The molecule has 1 atom stereocenters. The summed E-state index contributed by atoms with van der Waals surface area (Å²) in [5.41, 5.74) is 11.3. The van der Waals surface area contributed by atoms with Crippen LogP contribution < -0.4 is 11.5 Å². The van der Waals surface area contributed by atoms with Crippen molar-refractivity contribution < 1.29 is 9.50 Å². The Morgan fingerprint density at radius 3 is 2.73 bits per heavy atom. The van der Waals surface area contributed by atoms with Crippen LogP contribution in [-0.4, -0.2) is 11.7 Å². The van der Waals surface area contributed by atoms with Gasteiger partial charge in [0.2, 0.25) is 0 Å². The van der Waals surface area contributed by atoms with Gasteiger partial charge in [0, 0.05) is 11.6 Å². The first kappa shape index (κ1) is 11.4. The lowest BCUT2D eigenvalue weighted by atomic mass is 10.0. The van der Waals surface area contributed by atoms with E-state index < -0.39 is 17.6 Å². The lowest BCUT2D eigenvalue weighted by Crippen LogP contribution is -2.16. The maximum Gasteiger partial charge on any atom is 0.166 e. The molecule has 0 aromatic heterocycles. The number of nitrogens with zero attached hydrogens (tertiary/aromatic N) is 1. The van der Waals surface area contributed by atoms with Crippen LogP contribution in [0.25, 0.3) is 0 Å². The van der Waals surface area contributed by atoms with Gasteiger partial charge in [-0.1, -0.05) is 0 Å². The number of nitrogens with two attached hydrogens (primary N) is 2. The summed E-state index contributed by atoms with van der Waals surface area (Å²) in [7, 11) is 0. The van der Waals surface area contributed by atoms with E-state index in [0.717, 1.165) is 6.07 Å². The number of hydrogen-bond acceptors (Lipinski definition) is 4. The predicted molar refractivity (Wildman–Crippen MR) is 53.4 cm³/mol. The molecular weight excluding hydrogens is 197 g/mol. The molecule has 5 heteroatoms. The zero-order valence-corrected chi connectivity index (χ0v) is 8.07. The number of aromatic hydroxyl groups is 1. The van der Waals surface area contributed by atoms with E-state index in [9.17, 15) is 9.50 Å². The number of nitriles is 1. The number of benzene rings is 1. The molecule has 5 N–H and O–H groups in total. The fourth-order valence-corrected chi connectivity index (χ4v) is 1.30. The van der Waals surface area contributed by atoms with Crippen LogP contribution in [0.5, 0.6) is 5.75 Å². The molecule has 1 rings (SSSR count). The summed E-state index contributed by atoms with van der Waals surface area (Å²) in [6.07, 6.45) is 0.419. The molecule has 80 valence electrons. The second kappa shape index (κ2) is 4.73. The Bertz CT molecular complexity index is 400. The first-order valence-corrected chi connectivity index (χ1v) is 4.48. The first-order valence-electron chi connectivity index (χ1n) is 4.48. The van der Waals surface area contributed by atoms with Gasteiger partial charge in [0.1, 0.15) is 0 Å². The Kier molecular flexibility index (Phi) is 3.61. The second-order valence-corrected chi connectivity index (χ2v) is 3.19. The molecule has 15 heavy (non-hydrogen) atoms. The van der Waals surface area contributed by atoms with Crippen molar-refractivity contribution in [2.45, 2.75) is 12.5 Å². The number of phenolic OH excluding ortho intramolecular Hbond substituents is 1. The quantitative estimate of drug-likeness (QED) is 0.684. The van der Waals surface area contributed by atoms with Gasteiger partial charge in [0.15, 0.2) is 11.6 Å². The average Bonchev–Trinajstić information content (AvgIpc) is 2.22. The summed E-state index contributed by atoms with van der Waals surface area (Å²) < 4.78 is 13.1. The van der Waals surface area contributed by atoms with E-state index in [0.29, 0.717) is 13.0 Å². The largest absolute Gasteiger partial charge is 0.505 e. The van der Waals surface area contributed by atoms with Gasteiger partial charge in [-0.15, -0.1) is 0 Å². The highest BCUT2D eigenvalue weighted by Gasteiger charge is 2.15. The van der Waals surface area contributed by atoms with Crippen LogP contribution in [0.3, 0.4) is 0 Å². The Hall–Kier alpha value is -1.64. The zero-order valence-electron chi connectivity index (χ0n) is 8.07. The van der Waals surface area contributed by atoms with Crippen molar-refractivity contribution in [1.29, 1.82) is 5.26 Å². The maximum absolute atomic E-state index is 13.1. The first-order chi connectivity index (χ1) is 7.10. The van der Waals surface area contributed by atoms with Crippen molar-refractivity contribution in [3.8, 4) is 11.8 Å². The molecule has 0 fully saturated rings. The third kappa shape index (κ3) is 2.43. The molecule has 0 saturated carbocycles. The number of phenols is 1. The number of halogens is 1. The summed E-state index contributed by atoms with van der Waals surface area (Å²) in [6, 6.07) is 3.58. The van der Waals surface area contributed by atoms with E-state index in [1.54, 1.807) is 6.07 Å². The molecule has 1 aromatic rings. The normalized spacial score (nSPS) is 12.1. The predicted octanol–water partition coefficient (Wildman–Crippen LogP) is 0.752. The third-order valence-electron chi connectivity index (χ3n) is 2.10. The number of rotatable bonds is 3. The van der Waals surface area contributed by atoms with E-state index in [1.807, 2.05) is 0 Å². The van der Waals surface area contributed by atoms with Crippen molar-refractivity contribution >= 4 is 0 Å². The standard InChI is InChI=1S/C10H12FN3O/c11-8-4-6(5-13)3-7(10(8)15)9(14)1-2-12/h3-4,9,15H,1-2,12,14H2/t9-/m0/s1. The SMILES string of the molecule is N#Cc1cc(F)c(O)c([C@@H](N)CCN)c1. The Morgan fingerprint density at radius 1 is 1.53 bits per heavy atom. The van der Waals surface area contributed by atoms with Gasteiger partial charge in [-0.3, -0.25) is 0 Å². The molecule has 4 nitrogen and oxygen atoms in total. The highest BCUT2D eigenvalue weighted by Crippen LogP contribution is 2.28. The minimum absolute atomic E-state index is 0.132. The molecule has 1 aromatic carbocycles. The van der Waals surface area contributed by atoms with Gasteiger partial charge in [-0.25, -0.2) is 4.39 Å². The molecule has 0 bridgehead atoms. The van der Waals surface area contributed by atoms with E-state index in [2.05, 4.69) is 0 Å². The van der Waals surface area contributed by atoms with Crippen molar-refractivity contribution in [2.75, 3.05) is 6.54 Å². The monoisotopic (exact) mass is 209 g/mol. The van der Waals surface area contributed by atoms with Gasteiger partial charge < -0.3 is 16.6 Å². The fourth-order valence-electron chi connectivity index (χ4n) is 1.30. The van der Waals surface area contributed by atoms with Crippen molar-refractivity contribution in [3.63, 3.8) is 0 Å². The van der Waals surface area contributed by atoms with E-state index in [1.165, 1.54) is 6.07 Å². The fraction of sp³-hybridized carbons (Fsp3) is 0.300. The average molecular weight is 209 g/mol. The minimum Gasteiger partial charge on any atom is -0.505 e. The smallest absolute Gasteiger partial charge is 0.166 e. The molecule has 0 spiro atoms. The summed E-state index contributed by atoms with van der Waals surface area (Å²) in [6.45, 7) is 0.332. The topological polar surface area (TPSA) is 96.1 Å². The van der Waals surface area contributed by atoms with Crippen LogP contribution in [0.2, 0.25) is 0 Å². The van der Waals surface area contributed by atoms with Crippen LogP contribution in [0, 0.1) is 17.1 Å². The third-order valence-corrected chi connectivity index (χ3v) is 2.10. The number of hydrogen-bond donors (Lipinski definition) is 3. The van der Waals surface area contributed by atoms with E-state index in [4.69, 9.17) is 16.7 Å². The second-order valence-electron chi connectivity index (χ2n) is 3.19. The molecule has 0 amide bonds. The van der Waals surface area contributed by atoms with Gasteiger partial charge in [0.25, 0.3) is 0 Å². The van der Waals surface area contributed by atoms with Gasteiger partial charge in [-0.05, 0) is 25.1 Å². The lowest BCUT2D eigenvalue weighted by Gasteiger charge is -2.13. The zero-order chi connectivity index (χ0) is 11.4. The highest BCUT2D eigenvalue weighted by atomic mass is 19.1. The van der Waals surface area contributed by atoms with Gasteiger partial charge >= 0.3 is 0 Å². The molecule has 0 saturated heterocycles. The molecule has 0 aliphatic heterocycles. The molecule has 0 unspecified atom stereocenters. The molecular formula is C10H12FN3O. The summed E-state index contributed by atoms with van der Waals surface area (Å²) in [4.78, 5) is 0. The lowest BCUT2D eigenvalue weighted by molar-refractivity contribution is 0.419. The highest BCUT2D eigenvalue weighted by molar-refractivity contribution is 5.44. The van der Waals surface area contributed by atoms with Gasteiger partial charge in [-0.2, -0.15) is 5.26 Å². The minimum atomic E-state index is -0.837.